The van der Waals surface area contributed by atoms with E-state index in [-0.39, 0.29) is 49.3 Å². The molecule has 1 spiro atoms. The first-order valence-electron chi connectivity index (χ1n) is 25.0. The van der Waals surface area contributed by atoms with Gasteiger partial charge in [0.25, 0.3) is 0 Å². The van der Waals surface area contributed by atoms with Crippen LogP contribution in [0.5, 0.6) is 0 Å². The zero-order valence-corrected chi connectivity index (χ0v) is 41.6. The van der Waals surface area contributed by atoms with Crippen molar-refractivity contribution in [3.05, 3.63) is 95.1 Å². The predicted molar refractivity (Wildman–Crippen MR) is 266 cm³/mol. The number of carbonyl (C=O) groups is 8. The molecule has 4 fully saturated rings. The highest BCUT2D eigenvalue weighted by atomic mass is 16.6. The molecule has 8 amide bonds. The number of benzene rings is 3. The summed E-state index contributed by atoms with van der Waals surface area (Å²) in [6.45, 7) is 4.71. The number of hydrogen-bond acceptors (Lipinski definition) is 11. The van der Waals surface area contributed by atoms with Crippen LogP contribution in [0, 0.1) is 29.1 Å². The molecule has 2 aliphatic carbocycles. The predicted octanol–water partition coefficient (Wildman–Crippen LogP) is 3.07. The highest BCUT2D eigenvalue weighted by Gasteiger charge is 2.60. The molecule has 3 aromatic carbocycles. The molecule has 19 nitrogen and oxygen atoms in total. The van der Waals surface area contributed by atoms with Crippen LogP contribution in [0.25, 0.3) is 0 Å². The number of amides is 8. The number of carbonyl (C=O) groups excluding carboxylic acids is 8. The molecule has 7 atom stereocenters. The quantitative estimate of drug-likeness (QED) is 0.114. The summed E-state index contributed by atoms with van der Waals surface area (Å²) in [5.74, 6) is 2.03. The second kappa shape index (κ2) is 22.6. The Morgan fingerprint density at radius 3 is 2.21 bits per heavy atom. The highest BCUT2D eigenvalue weighted by Crippen LogP contribution is 2.57. The zero-order chi connectivity index (χ0) is 52.0. The Balaban J connectivity index is 0.750. The second-order valence-corrected chi connectivity index (χ2v) is 20.1. The summed E-state index contributed by atoms with van der Waals surface area (Å²) in [6, 6.07) is 18.3. The molecular formula is C54H64N8O11. The minimum Gasteiger partial charge on any atom is -0.444 e. The van der Waals surface area contributed by atoms with Crippen molar-refractivity contribution in [2.75, 3.05) is 37.0 Å². The molecule has 0 aromatic heterocycles. The van der Waals surface area contributed by atoms with Crippen molar-refractivity contribution in [3.8, 4) is 11.8 Å². The van der Waals surface area contributed by atoms with Crippen LogP contribution >= 0.6 is 0 Å². The van der Waals surface area contributed by atoms with Crippen molar-refractivity contribution < 1.29 is 52.9 Å². The summed E-state index contributed by atoms with van der Waals surface area (Å²) >= 11 is 0. The minimum absolute atomic E-state index is 0.0173. The van der Waals surface area contributed by atoms with Crippen molar-refractivity contribution in [2.24, 2.45) is 17.3 Å². The standard InChI is InChI=1S/C54H64N8O11/c1-32(2)48(59-46(65)28-56-45(64)27-55-44(63)21-22-47(66)60-29-37-11-6-5-9-35(37)15-16-36-10-7-8-12-41(36)60)50(68)57-33(3)49(67)58-38-17-13-34(14-18-38)30-73-53(71)62-42-20-19-39(72-4)25-40(42)51(69)61-31-54(23-24-54)26-43(61)52(62)70/h5-14,17-18,32-33,39-40,42-43,48,52,70H,19-31H2,1-4H3,(H,55,63)(H,56,64)(H,57,68)(H,58,67)(H,59,65)/t33-,39?,40?,42?,43-,48-,52?/m0/s1. The Labute approximate surface area is 424 Å². The van der Waals surface area contributed by atoms with Crippen molar-refractivity contribution in [1.29, 1.82) is 0 Å². The number of fused-ring (bicyclic) bond motifs is 4. The number of hydrogen-bond donors (Lipinski definition) is 6. The van der Waals surface area contributed by atoms with E-state index in [1.807, 2.05) is 48.5 Å². The molecule has 3 aliphatic heterocycles. The third-order valence-electron chi connectivity index (χ3n) is 14.6. The Kier molecular flexibility index (Phi) is 16.1. The fraction of sp³-hybridized carbons (Fsp3) is 0.481. The molecule has 2 saturated heterocycles. The van der Waals surface area contributed by atoms with Gasteiger partial charge in [0.05, 0.1) is 43.4 Å². The Hall–Kier alpha value is -7.30. The van der Waals surface area contributed by atoms with Crippen LogP contribution in [-0.2, 0) is 56.2 Å². The van der Waals surface area contributed by atoms with Crippen LogP contribution in [-0.4, -0.2) is 126 Å². The summed E-state index contributed by atoms with van der Waals surface area (Å²) in [4.78, 5) is 111. The van der Waals surface area contributed by atoms with Gasteiger partial charge in [0, 0.05) is 49.4 Å². The fourth-order valence-corrected chi connectivity index (χ4v) is 10.3. The van der Waals surface area contributed by atoms with E-state index >= 15 is 0 Å². The number of rotatable bonds is 16. The Bertz CT molecular complexity index is 2680. The van der Waals surface area contributed by atoms with E-state index in [0.717, 1.165) is 24.0 Å². The number of aliphatic hydroxyl groups excluding tert-OH is 1. The first kappa shape index (κ1) is 52.0. The molecule has 2 saturated carbocycles. The van der Waals surface area contributed by atoms with Crippen LogP contribution < -0.4 is 31.5 Å². The maximum absolute atomic E-state index is 13.9. The molecule has 8 rings (SSSR count). The van der Waals surface area contributed by atoms with Crippen molar-refractivity contribution in [3.63, 3.8) is 0 Å². The van der Waals surface area contributed by atoms with E-state index in [1.54, 1.807) is 55.0 Å². The van der Waals surface area contributed by atoms with Gasteiger partial charge in [-0.3, -0.25) is 38.5 Å². The van der Waals surface area contributed by atoms with Gasteiger partial charge < -0.3 is 51.0 Å². The topological polar surface area (TPSA) is 245 Å². The van der Waals surface area contributed by atoms with E-state index in [9.17, 15) is 43.5 Å². The van der Waals surface area contributed by atoms with E-state index in [2.05, 4.69) is 38.4 Å². The van der Waals surface area contributed by atoms with Gasteiger partial charge in [0.1, 0.15) is 18.7 Å². The van der Waals surface area contributed by atoms with Gasteiger partial charge in [-0.2, -0.15) is 0 Å². The minimum atomic E-state index is -1.20. The molecule has 73 heavy (non-hydrogen) atoms. The first-order chi connectivity index (χ1) is 35.0. The van der Waals surface area contributed by atoms with Crippen molar-refractivity contribution in [2.45, 2.75) is 122 Å². The molecular weight excluding hydrogens is 937 g/mol. The lowest BCUT2D eigenvalue weighted by Gasteiger charge is -2.40. The lowest BCUT2D eigenvalue weighted by molar-refractivity contribution is -0.139. The van der Waals surface area contributed by atoms with Crippen LogP contribution in [0.15, 0.2) is 72.8 Å². The molecule has 3 aromatic rings. The molecule has 0 radical (unpaired) electrons. The van der Waals surface area contributed by atoms with E-state index in [1.165, 1.54) is 11.8 Å². The number of nitrogens with one attached hydrogen (secondary N) is 5. The van der Waals surface area contributed by atoms with Crippen molar-refractivity contribution >= 4 is 58.8 Å². The molecule has 3 heterocycles. The first-order valence-corrected chi connectivity index (χ1v) is 25.0. The van der Waals surface area contributed by atoms with Gasteiger partial charge in [-0.15, -0.1) is 0 Å². The molecule has 19 heteroatoms. The lowest BCUT2D eigenvalue weighted by atomic mass is 9.81. The number of methoxy groups -OCH3 is 1. The van der Waals surface area contributed by atoms with Gasteiger partial charge in [0.2, 0.25) is 41.4 Å². The zero-order valence-electron chi connectivity index (χ0n) is 41.6. The largest absolute Gasteiger partial charge is 0.444 e. The van der Waals surface area contributed by atoms with E-state index in [4.69, 9.17) is 9.47 Å². The third-order valence-corrected chi connectivity index (χ3v) is 14.6. The number of aliphatic hydroxyl groups is 1. The average molecular weight is 1000 g/mol. The fourth-order valence-electron chi connectivity index (χ4n) is 10.3. The summed E-state index contributed by atoms with van der Waals surface area (Å²) in [5, 5.41) is 24.5. The van der Waals surface area contributed by atoms with Gasteiger partial charge in [0.15, 0.2) is 6.23 Å². The van der Waals surface area contributed by atoms with Crippen molar-refractivity contribution in [1.82, 2.24) is 31.1 Å². The van der Waals surface area contributed by atoms with Gasteiger partial charge in [-0.05, 0) is 98.2 Å². The average Bonchev–Trinajstić information content (AvgIpc) is 4.05. The maximum Gasteiger partial charge on any atom is 0.412 e. The van der Waals surface area contributed by atoms with Crippen LogP contribution in [0.4, 0.5) is 16.2 Å². The van der Waals surface area contributed by atoms with Crippen LogP contribution in [0.2, 0.25) is 0 Å². The summed E-state index contributed by atoms with van der Waals surface area (Å²) in [6.07, 6.45) is 1.92. The van der Waals surface area contributed by atoms with Crippen LogP contribution in [0.1, 0.15) is 94.4 Å². The summed E-state index contributed by atoms with van der Waals surface area (Å²) in [5.41, 5.74) is 4.05. The highest BCUT2D eigenvalue weighted by molar-refractivity contribution is 5.99. The second-order valence-electron chi connectivity index (χ2n) is 20.1. The molecule has 386 valence electrons. The van der Waals surface area contributed by atoms with Gasteiger partial charge in [-0.1, -0.05) is 68.2 Å². The number of nitrogens with zero attached hydrogens (tertiary/aromatic N) is 3. The number of anilines is 2. The Morgan fingerprint density at radius 1 is 0.795 bits per heavy atom. The normalized spacial score (nSPS) is 22.0. The monoisotopic (exact) mass is 1000 g/mol. The third kappa shape index (κ3) is 12.3. The molecule has 0 bridgehead atoms. The summed E-state index contributed by atoms with van der Waals surface area (Å²) in [7, 11) is 1.62. The number of ether oxygens (including phenoxy) is 2. The molecule has 6 N–H and O–H groups in total. The summed E-state index contributed by atoms with van der Waals surface area (Å²) < 4.78 is 11.4. The smallest absolute Gasteiger partial charge is 0.412 e. The van der Waals surface area contributed by atoms with E-state index in [0.29, 0.717) is 54.7 Å². The molecule has 5 aliphatic rings. The van der Waals surface area contributed by atoms with E-state index < -0.39 is 90.9 Å². The van der Waals surface area contributed by atoms with Gasteiger partial charge >= 0.3 is 6.09 Å². The SMILES string of the molecule is COC1CCC2C(C1)C(=O)N1CC3(CC3)C[C@H]1C(O)N2C(=O)OCc1ccc(NC(=O)[C@H](C)NC(=O)[C@@H](NC(=O)CNC(=O)CNC(=O)CCC(=O)N2Cc3ccccc3C#Cc3ccccc32)C(C)C)cc1. The lowest BCUT2D eigenvalue weighted by Crippen LogP contribution is -2.55. The maximum atomic E-state index is 13.9. The number of para-hydroxylation sites is 1. The Morgan fingerprint density at radius 2 is 1.48 bits per heavy atom. The molecule has 4 unspecified atom stereocenters. The van der Waals surface area contributed by atoms with Gasteiger partial charge in [-0.25, -0.2) is 4.79 Å². The van der Waals surface area contributed by atoms with Crippen LogP contribution in [0.3, 0.4) is 0 Å².